The Hall–Kier alpha value is -0.640. The molecule has 3 heterocycles. The van der Waals surface area contributed by atoms with Crippen LogP contribution in [0.5, 0.6) is 0 Å². The molecular weight excluding hydrogens is 456 g/mol. The van der Waals surface area contributed by atoms with Gasteiger partial charge in [0.25, 0.3) is 0 Å². The molecule has 3 fully saturated rings. The summed E-state index contributed by atoms with van der Waals surface area (Å²) >= 11 is 0. The van der Waals surface area contributed by atoms with Crippen molar-refractivity contribution in [2.24, 2.45) is 23.7 Å². The van der Waals surface area contributed by atoms with Crippen molar-refractivity contribution in [1.29, 1.82) is 0 Å². The largest absolute Gasteiger partial charge is 0.369 e. The van der Waals surface area contributed by atoms with Crippen molar-refractivity contribution in [2.75, 3.05) is 0 Å². The van der Waals surface area contributed by atoms with Crippen molar-refractivity contribution in [3.8, 4) is 0 Å². The summed E-state index contributed by atoms with van der Waals surface area (Å²) in [5, 5.41) is 0. The van der Waals surface area contributed by atoms with E-state index in [0.29, 0.717) is 23.7 Å². The average Bonchev–Trinajstić information content (AvgIpc) is 3.34. The van der Waals surface area contributed by atoms with Gasteiger partial charge in [-0.15, -0.1) is 0 Å². The molecule has 0 saturated carbocycles. The molecule has 214 valence electrons. The molecule has 3 heteroatoms. The first-order valence-corrected chi connectivity index (χ1v) is 15.4. The lowest BCUT2D eigenvalue weighted by atomic mass is 9.73. The van der Waals surface area contributed by atoms with E-state index in [0.717, 1.165) is 51.4 Å². The Kier molecular flexibility index (Phi) is 9.57. The summed E-state index contributed by atoms with van der Waals surface area (Å²) in [6.07, 6.45) is 11.4. The number of hydrogen-bond donors (Lipinski definition) is 0. The zero-order valence-electron chi connectivity index (χ0n) is 26.2. The van der Waals surface area contributed by atoms with Crippen LogP contribution in [0.4, 0.5) is 0 Å². The van der Waals surface area contributed by atoms with E-state index in [9.17, 15) is 0 Å². The van der Waals surface area contributed by atoms with Crippen molar-refractivity contribution in [1.82, 2.24) is 0 Å². The molecule has 0 N–H and O–H groups in total. The second-order valence-electron chi connectivity index (χ2n) is 14.6. The van der Waals surface area contributed by atoms with Crippen LogP contribution in [0.15, 0.2) is 24.3 Å². The lowest BCUT2D eigenvalue weighted by molar-refractivity contribution is -0.271. The van der Waals surface area contributed by atoms with Gasteiger partial charge in [0, 0.05) is 0 Å². The molecule has 0 aromatic carbocycles. The number of hydrogen-bond acceptors (Lipinski definition) is 3. The lowest BCUT2D eigenvalue weighted by Crippen LogP contribution is -2.57. The molecule has 3 saturated heterocycles. The fourth-order valence-corrected chi connectivity index (χ4v) is 7.07. The molecule has 37 heavy (non-hydrogen) atoms. The third-order valence-corrected chi connectivity index (χ3v) is 11.4. The topological polar surface area (TPSA) is 27.7 Å². The maximum absolute atomic E-state index is 7.10. The van der Waals surface area contributed by atoms with Gasteiger partial charge in [-0.05, 0) is 129 Å². The molecule has 3 rings (SSSR count). The summed E-state index contributed by atoms with van der Waals surface area (Å²) in [5.41, 5.74) is 1.84. The smallest absolute Gasteiger partial charge is 0.0922 e. The summed E-state index contributed by atoms with van der Waals surface area (Å²) in [7, 11) is 0. The summed E-state index contributed by atoms with van der Waals surface area (Å²) in [6, 6.07) is 0. The van der Waals surface area contributed by atoms with Gasteiger partial charge in [0.2, 0.25) is 0 Å². The normalized spacial score (nSPS) is 44.4. The van der Waals surface area contributed by atoms with Crippen LogP contribution in [0.2, 0.25) is 0 Å². The van der Waals surface area contributed by atoms with E-state index in [1.807, 2.05) is 0 Å². The van der Waals surface area contributed by atoms with Gasteiger partial charge >= 0.3 is 0 Å². The second kappa shape index (κ2) is 11.5. The highest BCUT2D eigenvalue weighted by molar-refractivity contribution is 5.05. The van der Waals surface area contributed by atoms with Crippen molar-refractivity contribution >= 4 is 0 Å². The van der Waals surface area contributed by atoms with E-state index in [2.05, 4.69) is 82.4 Å². The average molecular weight is 517 g/mol. The monoisotopic (exact) mass is 516 g/mol. The summed E-state index contributed by atoms with van der Waals surface area (Å²) in [5.74, 6) is 2.17. The third kappa shape index (κ3) is 6.75. The van der Waals surface area contributed by atoms with E-state index >= 15 is 0 Å². The molecule has 0 aromatic rings. The van der Waals surface area contributed by atoms with Gasteiger partial charge in [0.15, 0.2) is 0 Å². The maximum Gasteiger partial charge on any atom is 0.0922 e. The fraction of sp³-hybridized carbons (Fsp3) is 0.882. The highest BCUT2D eigenvalue weighted by Gasteiger charge is 2.55. The quantitative estimate of drug-likeness (QED) is 0.271. The Morgan fingerprint density at radius 1 is 0.703 bits per heavy atom. The van der Waals surface area contributed by atoms with Crippen LogP contribution in [0.1, 0.15) is 133 Å². The van der Waals surface area contributed by atoms with Crippen molar-refractivity contribution in [3.63, 3.8) is 0 Å². The predicted octanol–water partition coefficient (Wildman–Crippen LogP) is 9.45. The summed E-state index contributed by atoms with van der Waals surface area (Å²) < 4.78 is 21.1. The number of ether oxygens (including phenoxy) is 3. The Morgan fingerprint density at radius 3 is 1.38 bits per heavy atom. The number of rotatable bonds is 10. The SMILES string of the molecule is C=C(C)[C@H](C)CC[C@@]1(C)O[C@](C)([C@@H]2CC[C@H]([C@]3(C)CC[C@@H](C)[C@](C)(CC[C@@H](C)C(=C)C)O3)O2)CC[C@@H]1C. The van der Waals surface area contributed by atoms with Crippen LogP contribution < -0.4 is 0 Å². The summed E-state index contributed by atoms with van der Waals surface area (Å²) in [6.45, 7) is 31.3. The molecule has 3 aliphatic heterocycles. The third-order valence-electron chi connectivity index (χ3n) is 11.4. The fourth-order valence-electron chi connectivity index (χ4n) is 7.07. The van der Waals surface area contributed by atoms with Crippen LogP contribution in [0.25, 0.3) is 0 Å². The summed E-state index contributed by atoms with van der Waals surface area (Å²) in [4.78, 5) is 0. The molecule has 0 unspecified atom stereocenters. The van der Waals surface area contributed by atoms with Gasteiger partial charge in [-0.1, -0.05) is 52.0 Å². The van der Waals surface area contributed by atoms with E-state index < -0.39 is 0 Å². The first kappa shape index (κ1) is 30.9. The molecule has 0 aromatic heterocycles. The molecule has 0 radical (unpaired) electrons. The Labute approximate surface area is 230 Å². The lowest BCUT2D eigenvalue weighted by Gasteiger charge is -2.53. The van der Waals surface area contributed by atoms with E-state index in [1.54, 1.807) is 0 Å². The van der Waals surface area contributed by atoms with Gasteiger partial charge in [0.05, 0.1) is 34.6 Å². The van der Waals surface area contributed by atoms with Crippen LogP contribution in [-0.2, 0) is 14.2 Å². The van der Waals surface area contributed by atoms with Gasteiger partial charge in [-0.25, -0.2) is 0 Å². The van der Waals surface area contributed by atoms with Crippen LogP contribution in [-0.4, -0.2) is 34.6 Å². The van der Waals surface area contributed by atoms with Crippen LogP contribution in [0.3, 0.4) is 0 Å². The van der Waals surface area contributed by atoms with Crippen LogP contribution in [0, 0.1) is 23.7 Å². The minimum atomic E-state index is -0.235. The predicted molar refractivity (Wildman–Crippen MR) is 157 cm³/mol. The molecular formula is C34H60O3. The van der Waals surface area contributed by atoms with E-state index in [-0.39, 0.29) is 34.6 Å². The Bertz CT molecular complexity index is 754. The van der Waals surface area contributed by atoms with Gasteiger partial charge in [-0.3, -0.25) is 0 Å². The number of allylic oxidation sites excluding steroid dienone is 2. The van der Waals surface area contributed by atoms with Crippen molar-refractivity contribution in [3.05, 3.63) is 24.3 Å². The first-order chi connectivity index (χ1) is 17.0. The van der Waals surface area contributed by atoms with E-state index in [1.165, 1.54) is 24.0 Å². The molecule has 3 nitrogen and oxygen atoms in total. The van der Waals surface area contributed by atoms with Crippen molar-refractivity contribution < 1.29 is 14.2 Å². The highest BCUT2D eigenvalue weighted by Crippen LogP contribution is 2.51. The Balaban J connectivity index is 1.67. The zero-order valence-corrected chi connectivity index (χ0v) is 26.2. The van der Waals surface area contributed by atoms with Gasteiger partial charge in [-0.2, -0.15) is 0 Å². The van der Waals surface area contributed by atoms with Gasteiger partial charge in [0.1, 0.15) is 0 Å². The van der Waals surface area contributed by atoms with Crippen molar-refractivity contribution in [2.45, 2.75) is 168 Å². The standard InChI is InChI=1S/C34H60O3/c1-23(2)25(5)15-19-31(9)27(7)17-21-33(11,36-31)29-13-14-30(35-29)34(12)22-18-28(8)32(10,37-34)20-16-26(6)24(3)4/h25-30H,1,3,13-22H2,2,4-12H3/t25-,26-,27-,28+,29-,30+,31+,32-,33+,34+/m1/s1. The van der Waals surface area contributed by atoms with Gasteiger partial charge < -0.3 is 14.2 Å². The van der Waals surface area contributed by atoms with Crippen LogP contribution >= 0.6 is 0 Å². The molecule has 0 spiro atoms. The molecule has 0 aliphatic carbocycles. The zero-order chi connectivity index (χ0) is 27.8. The Morgan fingerprint density at radius 2 is 1.05 bits per heavy atom. The first-order valence-electron chi connectivity index (χ1n) is 15.4. The van der Waals surface area contributed by atoms with E-state index in [4.69, 9.17) is 14.2 Å². The molecule has 0 bridgehead atoms. The second-order valence-corrected chi connectivity index (χ2v) is 14.6. The minimum Gasteiger partial charge on any atom is -0.369 e. The molecule has 0 amide bonds. The maximum atomic E-state index is 7.10. The minimum absolute atomic E-state index is 0.114. The highest BCUT2D eigenvalue weighted by atomic mass is 16.6. The molecule has 10 atom stereocenters. The molecule has 3 aliphatic rings.